The Balaban J connectivity index is 2.01. The van der Waals surface area contributed by atoms with Crippen LogP contribution < -0.4 is 10.6 Å². The van der Waals surface area contributed by atoms with E-state index in [1.54, 1.807) is 30.3 Å². The fraction of sp³-hybridized carbons (Fsp3) is 0.222. The summed E-state index contributed by atoms with van der Waals surface area (Å²) >= 11 is 0. The number of hydrogen-bond acceptors (Lipinski definition) is 3. The second-order valence-electron chi connectivity index (χ2n) is 7.85. The Morgan fingerprint density at radius 2 is 1.47 bits per heavy atom. The topological polar surface area (TPSA) is 82.0 Å². The lowest BCUT2D eigenvalue weighted by Crippen LogP contribution is -2.32. The molecule has 3 aromatic carbocycles. The van der Waals surface area contributed by atoms with E-state index in [0.29, 0.717) is 27.8 Å². The first-order valence-corrected chi connectivity index (χ1v) is 10.7. The molecule has 0 aromatic heterocycles. The van der Waals surface area contributed by atoms with E-state index in [4.69, 9.17) is 0 Å². The maximum atomic E-state index is 13.1. The van der Waals surface area contributed by atoms with Crippen LogP contribution in [0.4, 0.5) is 0 Å². The Labute approximate surface area is 189 Å². The maximum Gasteiger partial charge on any atom is 0.251 e. The summed E-state index contributed by atoms with van der Waals surface area (Å²) in [5, 5.41) is 15.5. The molecule has 162 valence electrons. The van der Waals surface area contributed by atoms with E-state index in [-0.39, 0.29) is 23.9 Å². The van der Waals surface area contributed by atoms with E-state index in [1.807, 2.05) is 63.2 Å². The van der Waals surface area contributed by atoms with Crippen LogP contribution in [-0.2, 0) is 0 Å². The molecule has 5 heteroatoms. The highest BCUT2D eigenvalue weighted by Crippen LogP contribution is 2.26. The number of benzene rings is 3. The van der Waals surface area contributed by atoms with E-state index in [1.165, 1.54) is 0 Å². The minimum absolute atomic E-state index is 0.00734. The molecule has 2 N–H and O–H groups in total. The number of nitriles is 1. The fourth-order valence-electron chi connectivity index (χ4n) is 3.39. The van der Waals surface area contributed by atoms with Crippen LogP contribution in [0.2, 0.25) is 0 Å². The molecule has 2 atom stereocenters. The van der Waals surface area contributed by atoms with Crippen LogP contribution >= 0.6 is 0 Å². The molecule has 0 aliphatic carbocycles. The highest BCUT2D eigenvalue weighted by atomic mass is 16.2. The van der Waals surface area contributed by atoms with Gasteiger partial charge in [0.15, 0.2) is 0 Å². The van der Waals surface area contributed by atoms with Crippen molar-refractivity contribution >= 4 is 11.8 Å². The number of nitrogens with one attached hydrogen (secondary N) is 2. The Hall–Kier alpha value is -3.91. The van der Waals surface area contributed by atoms with Crippen LogP contribution in [0.3, 0.4) is 0 Å². The Morgan fingerprint density at radius 3 is 2.09 bits per heavy atom. The van der Waals surface area contributed by atoms with Gasteiger partial charge in [0.05, 0.1) is 17.7 Å². The number of amides is 2. The normalized spacial score (nSPS) is 12.3. The first-order valence-electron chi connectivity index (χ1n) is 10.7. The van der Waals surface area contributed by atoms with Crippen LogP contribution in [0.25, 0.3) is 11.1 Å². The third-order valence-corrected chi connectivity index (χ3v) is 5.45. The van der Waals surface area contributed by atoms with Gasteiger partial charge in [-0.1, -0.05) is 55.5 Å². The highest BCUT2D eigenvalue weighted by Gasteiger charge is 2.18. The number of carbonyl (C=O) groups is 2. The van der Waals surface area contributed by atoms with Crippen molar-refractivity contribution < 1.29 is 9.59 Å². The predicted molar refractivity (Wildman–Crippen MR) is 126 cm³/mol. The van der Waals surface area contributed by atoms with Gasteiger partial charge in [0.25, 0.3) is 11.8 Å². The second-order valence-corrected chi connectivity index (χ2v) is 7.85. The summed E-state index contributed by atoms with van der Waals surface area (Å²) in [6.45, 7) is 5.84. The highest BCUT2D eigenvalue weighted by molar-refractivity contribution is 6.02. The van der Waals surface area contributed by atoms with E-state index < -0.39 is 0 Å². The number of rotatable bonds is 7. The zero-order valence-corrected chi connectivity index (χ0v) is 18.6. The first kappa shape index (κ1) is 22.8. The van der Waals surface area contributed by atoms with Gasteiger partial charge in [-0.3, -0.25) is 9.59 Å². The molecule has 5 nitrogen and oxygen atoms in total. The molecule has 3 rings (SSSR count). The van der Waals surface area contributed by atoms with Gasteiger partial charge >= 0.3 is 0 Å². The second kappa shape index (κ2) is 10.4. The molecule has 0 saturated heterocycles. The van der Waals surface area contributed by atoms with Gasteiger partial charge in [0, 0.05) is 17.2 Å². The average Bonchev–Trinajstić information content (AvgIpc) is 2.83. The number of hydrogen-bond donors (Lipinski definition) is 2. The van der Waals surface area contributed by atoms with Gasteiger partial charge < -0.3 is 10.6 Å². The van der Waals surface area contributed by atoms with Crippen molar-refractivity contribution in [2.45, 2.75) is 39.3 Å². The summed E-state index contributed by atoms with van der Waals surface area (Å²) in [6.07, 6.45) is 0.796. The van der Waals surface area contributed by atoms with Gasteiger partial charge in [0.2, 0.25) is 0 Å². The Morgan fingerprint density at radius 1 is 0.875 bits per heavy atom. The van der Waals surface area contributed by atoms with Crippen LogP contribution in [0.15, 0.2) is 72.8 Å². The van der Waals surface area contributed by atoms with Crippen LogP contribution in [0.1, 0.15) is 65.1 Å². The van der Waals surface area contributed by atoms with Gasteiger partial charge in [-0.05, 0) is 61.2 Å². The summed E-state index contributed by atoms with van der Waals surface area (Å²) in [6, 6.07) is 23.9. The molecule has 0 radical (unpaired) electrons. The Bertz CT molecular complexity index is 1150. The van der Waals surface area contributed by atoms with Crippen molar-refractivity contribution in [2.75, 3.05) is 0 Å². The van der Waals surface area contributed by atoms with E-state index in [0.717, 1.165) is 12.0 Å². The van der Waals surface area contributed by atoms with Gasteiger partial charge in [-0.2, -0.15) is 5.26 Å². The predicted octanol–water partition coefficient (Wildman–Crippen LogP) is 5.24. The van der Waals surface area contributed by atoms with Crippen LogP contribution in [0.5, 0.6) is 0 Å². The third-order valence-electron chi connectivity index (χ3n) is 5.45. The molecule has 2 amide bonds. The molecule has 0 bridgehead atoms. The number of carbonyl (C=O) groups excluding carboxylic acids is 2. The monoisotopic (exact) mass is 425 g/mol. The SMILES string of the molecule is CC[C@H](C)NC(=O)c1cc(C(=O)N[C@H](C)c2ccccc2)cc(-c2ccccc2C#N)c1. The molecule has 0 aliphatic rings. The van der Waals surface area contributed by atoms with Crippen LogP contribution in [-0.4, -0.2) is 17.9 Å². The summed E-state index contributed by atoms with van der Waals surface area (Å²) in [7, 11) is 0. The van der Waals surface area contributed by atoms with Crippen molar-refractivity contribution in [1.29, 1.82) is 5.26 Å². The van der Waals surface area contributed by atoms with E-state index >= 15 is 0 Å². The minimum atomic E-state index is -0.282. The van der Waals surface area contributed by atoms with E-state index in [2.05, 4.69) is 16.7 Å². The Kier molecular flexibility index (Phi) is 7.41. The largest absolute Gasteiger partial charge is 0.350 e. The van der Waals surface area contributed by atoms with Crippen molar-refractivity contribution in [2.24, 2.45) is 0 Å². The van der Waals surface area contributed by atoms with Gasteiger partial charge in [0.1, 0.15) is 0 Å². The lowest BCUT2D eigenvalue weighted by atomic mass is 9.95. The van der Waals surface area contributed by atoms with Crippen molar-refractivity contribution in [3.8, 4) is 17.2 Å². The smallest absolute Gasteiger partial charge is 0.251 e. The fourth-order valence-corrected chi connectivity index (χ4v) is 3.39. The number of nitrogens with zero attached hydrogens (tertiary/aromatic N) is 1. The third kappa shape index (κ3) is 5.41. The molecule has 3 aromatic rings. The zero-order valence-electron chi connectivity index (χ0n) is 18.6. The van der Waals surface area contributed by atoms with Crippen molar-refractivity contribution in [3.63, 3.8) is 0 Å². The molecule has 0 saturated carbocycles. The zero-order chi connectivity index (χ0) is 23.1. The van der Waals surface area contributed by atoms with Gasteiger partial charge in [-0.25, -0.2) is 0 Å². The maximum absolute atomic E-state index is 13.1. The van der Waals surface area contributed by atoms with Gasteiger partial charge in [-0.15, -0.1) is 0 Å². The quantitative estimate of drug-likeness (QED) is 0.543. The standard InChI is InChI=1S/C27H27N3O2/c1-4-18(2)29-26(31)23-14-22(25-13-9-8-12-21(25)17-28)15-24(16-23)27(32)30-19(3)20-10-6-5-7-11-20/h5-16,18-19H,4H2,1-3H3,(H,29,31)(H,30,32)/t18-,19+/m0/s1. The molecule has 32 heavy (non-hydrogen) atoms. The van der Waals surface area contributed by atoms with Crippen molar-refractivity contribution in [3.05, 3.63) is 95.1 Å². The summed E-state index contributed by atoms with van der Waals surface area (Å²) in [5.41, 5.74) is 3.55. The van der Waals surface area contributed by atoms with Crippen LogP contribution in [0, 0.1) is 11.3 Å². The minimum Gasteiger partial charge on any atom is -0.350 e. The lowest BCUT2D eigenvalue weighted by molar-refractivity contribution is 0.0938. The summed E-state index contributed by atoms with van der Waals surface area (Å²) < 4.78 is 0. The summed E-state index contributed by atoms with van der Waals surface area (Å²) in [5.74, 6) is -0.531. The average molecular weight is 426 g/mol. The summed E-state index contributed by atoms with van der Waals surface area (Å²) in [4.78, 5) is 26.0. The van der Waals surface area contributed by atoms with E-state index in [9.17, 15) is 14.9 Å². The molecular formula is C27H27N3O2. The molecule has 0 unspecified atom stereocenters. The first-order chi connectivity index (χ1) is 15.4. The molecule has 0 heterocycles. The molecule has 0 aliphatic heterocycles. The van der Waals surface area contributed by atoms with Crippen molar-refractivity contribution in [1.82, 2.24) is 10.6 Å². The lowest BCUT2D eigenvalue weighted by Gasteiger charge is -2.17. The molecule has 0 fully saturated rings. The molecular weight excluding hydrogens is 398 g/mol. The molecule has 0 spiro atoms.